The van der Waals surface area contributed by atoms with Crippen molar-refractivity contribution in [2.75, 3.05) is 5.32 Å². The molecular formula is C15H22N4O3S. The summed E-state index contributed by atoms with van der Waals surface area (Å²) < 4.78 is 10.3. The first-order chi connectivity index (χ1) is 11.0. The zero-order valence-corrected chi connectivity index (χ0v) is 14.6. The molecule has 2 aromatic rings. The molecule has 0 spiro atoms. The standard InChI is InChI=1S/C15H22N4O3S/c1-5-6-7-12-16-15(22-19-12)11(4)23-10(3)14(20)17-13-8-9(2)18-21-13/h8,10-11H,5-7H2,1-4H3,(H,17,20)/t10-,11-/m1/s1. The predicted octanol–water partition coefficient (Wildman–Crippen LogP) is 3.53. The number of rotatable bonds is 8. The van der Waals surface area contributed by atoms with E-state index >= 15 is 0 Å². The highest BCUT2D eigenvalue weighted by Gasteiger charge is 2.22. The van der Waals surface area contributed by atoms with Crippen LogP contribution in [-0.2, 0) is 11.2 Å². The number of amides is 1. The monoisotopic (exact) mass is 338 g/mol. The fourth-order valence-electron chi connectivity index (χ4n) is 1.94. The summed E-state index contributed by atoms with van der Waals surface area (Å²) in [4.78, 5) is 16.5. The van der Waals surface area contributed by atoms with E-state index in [-0.39, 0.29) is 16.4 Å². The van der Waals surface area contributed by atoms with Crippen LogP contribution in [0.3, 0.4) is 0 Å². The smallest absolute Gasteiger partial charge is 0.239 e. The largest absolute Gasteiger partial charge is 0.338 e. The summed E-state index contributed by atoms with van der Waals surface area (Å²) in [6.07, 6.45) is 2.95. The lowest BCUT2D eigenvalue weighted by molar-refractivity contribution is -0.115. The van der Waals surface area contributed by atoms with Crippen LogP contribution in [0.15, 0.2) is 15.1 Å². The number of hydrogen-bond donors (Lipinski definition) is 1. The maximum absolute atomic E-state index is 12.1. The third kappa shape index (κ3) is 5.09. The number of nitrogens with one attached hydrogen (secondary N) is 1. The second-order valence-electron chi connectivity index (χ2n) is 5.39. The van der Waals surface area contributed by atoms with Gasteiger partial charge in [0.15, 0.2) is 5.82 Å². The molecule has 0 aliphatic heterocycles. The lowest BCUT2D eigenvalue weighted by Crippen LogP contribution is -2.22. The summed E-state index contributed by atoms with van der Waals surface area (Å²) in [7, 11) is 0. The Hall–Kier alpha value is -1.83. The molecule has 0 unspecified atom stereocenters. The van der Waals surface area contributed by atoms with Gasteiger partial charge in [-0.25, -0.2) is 0 Å². The second-order valence-corrected chi connectivity index (χ2v) is 7.08. The zero-order valence-electron chi connectivity index (χ0n) is 13.8. The molecule has 0 bridgehead atoms. The molecule has 1 amide bonds. The van der Waals surface area contributed by atoms with Crippen molar-refractivity contribution in [2.24, 2.45) is 0 Å². The Labute approximate surface area is 139 Å². The third-order valence-corrected chi connectivity index (χ3v) is 4.47. The maximum Gasteiger partial charge on any atom is 0.239 e. The van der Waals surface area contributed by atoms with Crippen molar-refractivity contribution in [1.29, 1.82) is 0 Å². The van der Waals surface area contributed by atoms with Gasteiger partial charge in [0.2, 0.25) is 17.7 Å². The molecule has 0 aromatic carbocycles. The summed E-state index contributed by atoms with van der Waals surface area (Å²) in [5, 5.41) is 10.1. The molecule has 2 aromatic heterocycles. The Morgan fingerprint density at radius 1 is 1.35 bits per heavy atom. The van der Waals surface area contributed by atoms with E-state index < -0.39 is 0 Å². The van der Waals surface area contributed by atoms with Crippen molar-refractivity contribution in [1.82, 2.24) is 15.3 Å². The van der Waals surface area contributed by atoms with Gasteiger partial charge in [-0.05, 0) is 27.2 Å². The molecule has 0 aliphatic rings. The Bertz CT molecular complexity index is 640. The van der Waals surface area contributed by atoms with Crippen molar-refractivity contribution in [3.8, 4) is 0 Å². The molecule has 2 atom stereocenters. The quantitative estimate of drug-likeness (QED) is 0.786. The van der Waals surface area contributed by atoms with Crippen LogP contribution in [0.1, 0.15) is 56.3 Å². The number of carbonyl (C=O) groups is 1. The summed E-state index contributed by atoms with van der Waals surface area (Å²) in [6, 6.07) is 1.68. The molecule has 23 heavy (non-hydrogen) atoms. The van der Waals surface area contributed by atoms with Gasteiger partial charge >= 0.3 is 0 Å². The van der Waals surface area contributed by atoms with E-state index in [1.165, 1.54) is 11.8 Å². The van der Waals surface area contributed by atoms with E-state index in [0.29, 0.717) is 11.8 Å². The van der Waals surface area contributed by atoms with Crippen LogP contribution >= 0.6 is 11.8 Å². The predicted molar refractivity (Wildman–Crippen MR) is 88.2 cm³/mol. The number of hydrogen-bond acceptors (Lipinski definition) is 7. The van der Waals surface area contributed by atoms with Gasteiger partial charge < -0.3 is 9.05 Å². The molecule has 0 fully saturated rings. The molecule has 0 saturated carbocycles. The van der Waals surface area contributed by atoms with Crippen LogP contribution in [0.4, 0.5) is 5.88 Å². The first-order valence-electron chi connectivity index (χ1n) is 7.71. The number of anilines is 1. The van der Waals surface area contributed by atoms with Crippen molar-refractivity contribution in [3.05, 3.63) is 23.5 Å². The molecule has 7 nitrogen and oxygen atoms in total. The Morgan fingerprint density at radius 2 is 2.13 bits per heavy atom. The fraction of sp³-hybridized carbons (Fsp3) is 0.600. The highest BCUT2D eigenvalue weighted by atomic mass is 32.2. The van der Waals surface area contributed by atoms with Crippen LogP contribution < -0.4 is 5.32 Å². The van der Waals surface area contributed by atoms with Gasteiger partial charge in [-0.1, -0.05) is 23.7 Å². The molecule has 8 heteroatoms. The molecule has 2 heterocycles. The van der Waals surface area contributed by atoms with E-state index in [2.05, 4.69) is 27.5 Å². The first-order valence-corrected chi connectivity index (χ1v) is 8.66. The average molecular weight is 338 g/mol. The Kier molecular flexibility index (Phi) is 6.20. The summed E-state index contributed by atoms with van der Waals surface area (Å²) >= 11 is 1.45. The molecule has 0 aliphatic carbocycles. The van der Waals surface area contributed by atoms with Crippen molar-refractivity contribution in [2.45, 2.75) is 57.5 Å². The van der Waals surface area contributed by atoms with E-state index in [1.807, 2.05) is 13.8 Å². The number of carbonyl (C=O) groups excluding carboxylic acids is 1. The van der Waals surface area contributed by atoms with Gasteiger partial charge in [0.1, 0.15) is 0 Å². The minimum Gasteiger partial charge on any atom is -0.338 e. The number of thioether (sulfide) groups is 1. The molecule has 2 rings (SSSR count). The van der Waals surface area contributed by atoms with E-state index in [1.54, 1.807) is 13.0 Å². The van der Waals surface area contributed by atoms with Crippen LogP contribution in [0, 0.1) is 6.92 Å². The Balaban J connectivity index is 1.87. The summed E-state index contributed by atoms with van der Waals surface area (Å²) in [5.74, 6) is 1.48. The van der Waals surface area contributed by atoms with Gasteiger partial charge in [0, 0.05) is 12.5 Å². The molecule has 0 radical (unpaired) electrons. The highest BCUT2D eigenvalue weighted by Crippen LogP contribution is 2.31. The van der Waals surface area contributed by atoms with Crippen LogP contribution in [0.2, 0.25) is 0 Å². The lowest BCUT2D eigenvalue weighted by atomic mass is 10.2. The number of unbranched alkanes of at least 4 members (excludes halogenated alkanes) is 1. The van der Waals surface area contributed by atoms with Crippen molar-refractivity contribution >= 4 is 23.6 Å². The van der Waals surface area contributed by atoms with Crippen LogP contribution in [-0.4, -0.2) is 26.5 Å². The van der Waals surface area contributed by atoms with E-state index in [0.717, 1.165) is 30.8 Å². The zero-order chi connectivity index (χ0) is 16.8. The normalized spacial score (nSPS) is 13.7. The second kappa shape index (κ2) is 8.14. The van der Waals surface area contributed by atoms with Gasteiger partial charge in [0.25, 0.3) is 0 Å². The van der Waals surface area contributed by atoms with Gasteiger partial charge in [-0.15, -0.1) is 11.8 Å². The third-order valence-electron chi connectivity index (χ3n) is 3.24. The van der Waals surface area contributed by atoms with E-state index in [4.69, 9.17) is 9.05 Å². The van der Waals surface area contributed by atoms with Crippen molar-refractivity contribution < 1.29 is 13.8 Å². The number of aryl methyl sites for hydroxylation is 2. The maximum atomic E-state index is 12.1. The SMILES string of the molecule is CCCCc1noc([C@@H](C)S[C@H](C)C(=O)Nc2cc(C)no2)n1. The number of nitrogens with zero attached hydrogens (tertiary/aromatic N) is 3. The summed E-state index contributed by atoms with van der Waals surface area (Å²) in [6.45, 7) is 7.69. The van der Waals surface area contributed by atoms with Gasteiger partial charge in [-0.2, -0.15) is 4.98 Å². The lowest BCUT2D eigenvalue weighted by Gasteiger charge is -2.13. The van der Waals surface area contributed by atoms with Crippen LogP contribution in [0.5, 0.6) is 0 Å². The van der Waals surface area contributed by atoms with Gasteiger partial charge in [-0.3, -0.25) is 10.1 Å². The number of aromatic nitrogens is 3. The first kappa shape index (κ1) is 17.5. The highest BCUT2D eigenvalue weighted by molar-refractivity contribution is 8.00. The average Bonchev–Trinajstić information content (AvgIpc) is 3.14. The summed E-state index contributed by atoms with van der Waals surface area (Å²) in [5.41, 5.74) is 0.722. The fourth-order valence-corrected chi connectivity index (χ4v) is 2.95. The van der Waals surface area contributed by atoms with Gasteiger partial charge in [0.05, 0.1) is 16.2 Å². The molecule has 126 valence electrons. The van der Waals surface area contributed by atoms with Crippen molar-refractivity contribution in [3.63, 3.8) is 0 Å². The molecular weight excluding hydrogens is 316 g/mol. The molecule has 0 saturated heterocycles. The van der Waals surface area contributed by atoms with E-state index in [9.17, 15) is 4.79 Å². The Morgan fingerprint density at radius 3 is 2.78 bits per heavy atom. The topological polar surface area (TPSA) is 94.1 Å². The minimum absolute atomic E-state index is 0.0601. The minimum atomic E-state index is -0.290. The van der Waals surface area contributed by atoms with Crippen LogP contribution in [0.25, 0.3) is 0 Å². The molecule has 1 N–H and O–H groups in total.